The second-order valence-corrected chi connectivity index (χ2v) is 3.99. The summed E-state index contributed by atoms with van der Waals surface area (Å²) in [6.07, 6.45) is 1.70. The molecule has 2 aromatic rings. The maximum Gasteiger partial charge on any atom is 0.164 e. The molecule has 0 aliphatic heterocycles. The molecule has 4 heteroatoms. The number of nitrogens with zero attached hydrogens (tertiary/aromatic N) is 3. The third kappa shape index (κ3) is 1.46. The zero-order chi connectivity index (χ0) is 10.1. The van der Waals surface area contributed by atoms with Crippen molar-refractivity contribution in [1.29, 1.82) is 0 Å². The summed E-state index contributed by atoms with van der Waals surface area (Å²) in [5.41, 5.74) is 2.27. The van der Waals surface area contributed by atoms with E-state index < -0.39 is 0 Å². The van der Waals surface area contributed by atoms with Gasteiger partial charge in [-0.15, -0.1) is 10.2 Å². The van der Waals surface area contributed by atoms with E-state index in [-0.39, 0.29) is 0 Å². The minimum absolute atomic E-state index is 0.876. The van der Waals surface area contributed by atoms with Gasteiger partial charge in [0.25, 0.3) is 0 Å². The van der Waals surface area contributed by atoms with Crippen molar-refractivity contribution in [2.24, 2.45) is 7.05 Å². The van der Waals surface area contributed by atoms with Crippen molar-refractivity contribution in [2.75, 3.05) is 0 Å². The van der Waals surface area contributed by atoms with E-state index in [0.29, 0.717) is 0 Å². The van der Waals surface area contributed by atoms with Gasteiger partial charge in [0.2, 0.25) is 0 Å². The van der Waals surface area contributed by atoms with E-state index in [0.717, 1.165) is 15.9 Å². The summed E-state index contributed by atoms with van der Waals surface area (Å²) in [5.74, 6) is 0.876. The average Bonchev–Trinajstić information content (AvgIpc) is 2.57. The highest BCUT2D eigenvalue weighted by atomic mass is 79.9. The lowest BCUT2D eigenvalue weighted by molar-refractivity contribution is 0.919. The van der Waals surface area contributed by atoms with Crippen LogP contribution in [-0.4, -0.2) is 14.8 Å². The smallest absolute Gasteiger partial charge is 0.164 e. The van der Waals surface area contributed by atoms with Crippen molar-refractivity contribution in [3.8, 4) is 11.4 Å². The predicted octanol–water partition coefficient (Wildman–Crippen LogP) is 2.55. The van der Waals surface area contributed by atoms with Crippen LogP contribution in [0.2, 0.25) is 0 Å². The van der Waals surface area contributed by atoms with Crippen molar-refractivity contribution in [3.63, 3.8) is 0 Å². The third-order valence-electron chi connectivity index (χ3n) is 2.14. The Morgan fingerprint density at radius 1 is 1.36 bits per heavy atom. The van der Waals surface area contributed by atoms with Gasteiger partial charge in [-0.05, 0) is 28.4 Å². The van der Waals surface area contributed by atoms with Gasteiger partial charge >= 0.3 is 0 Å². The molecular formula is C10H10BrN3. The standard InChI is InChI=1S/C10H10BrN3/c1-7-4-3-5-8(9(7)11)10-13-12-6-14(10)2/h3-6H,1-2H3. The minimum Gasteiger partial charge on any atom is -0.317 e. The zero-order valence-electron chi connectivity index (χ0n) is 8.03. The number of aryl methyl sites for hydroxylation is 2. The molecule has 0 amide bonds. The first kappa shape index (κ1) is 9.40. The molecule has 0 fully saturated rings. The molecule has 14 heavy (non-hydrogen) atoms. The van der Waals surface area contributed by atoms with Gasteiger partial charge in [-0.1, -0.05) is 18.2 Å². The van der Waals surface area contributed by atoms with Crippen molar-refractivity contribution in [3.05, 3.63) is 34.6 Å². The maximum atomic E-state index is 4.07. The normalized spacial score (nSPS) is 10.5. The van der Waals surface area contributed by atoms with Crippen LogP contribution in [0.4, 0.5) is 0 Å². The van der Waals surface area contributed by atoms with Crippen molar-refractivity contribution in [1.82, 2.24) is 14.8 Å². The summed E-state index contributed by atoms with van der Waals surface area (Å²) >= 11 is 3.55. The molecule has 0 aliphatic carbocycles. The van der Waals surface area contributed by atoms with Crippen molar-refractivity contribution < 1.29 is 0 Å². The Kier molecular flexibility index (Phi) is 2.37. The predicted molar refractivity (Wildman–Crippen MR) is 58.9 cm³/mol. The zero-order valence-corrected chi connectivity index (χ0v) is 9.62. The molecule has 0 atom stereocenters. The number of aromatic nitrogens is 3. The van der Waals surface area contributed by atoms with E-state index in [1.54, 1.807) is 6.33 Å². The summed E-state index contributed by atoms with van der Waals surface area (Å²) in [5, 5.41) is 7.93. The molecule has 0 aliphatic rings. The fraction of sp³-hybridized carbons (Fsp3) is 0.200. The van der Waals surface area contributed by atoms with Crippen LogP contribution >= 0.6 is 15.9 Å². The van der Waals surface area contributed by atoms with Gasteiger partial charge < -0.3 is 4.57 Å². The Labute approximate surface area is 90.9 Å². The molecular weight excluding hydrogens is 242 g/mol. The lowest BCUT2D eigenvalue weighted by Crippen LogP contribution is -1.92. The van der Waals surface area contributed by atoms with Crippen LogP contribution in [0.15, 0.2) is 29.0 Å². The quantitative estimate of drug-likeness (QED) is 0.780. The summed E-state index contributed by atoms with van der Waals surface area (Å²) < 4.78 is 2.98. The number of rotatable bonds is 1. The Bertz CT molecular complexity index is 462. The first-order valence-corrected chi connectivity index (χ1v) is 5.09. The lowest BCUT2D eigenvalue weighted by Gasteiger charge is -2.05. The highest BCUT2D eigenvalue weighted by Gasteiger charge is 2.09. The summed E-state index contributed by atoms with van der Waals surface area (Å²) in [7, 11) is 1.93. The third-order valence-corrected chi connectivity index (χ3v) is 3.20. The van der Waals surface area contributed by atoms with Crippen LogP contribution in [-0.2, 0) is 7.05 Å². The average molecular weight is 252 g/mol. The van der Waals surface area contributed by atoms with E-state index in [1.165, 1.54) is 5.56 Å². The Morgan fingerprint density at radius 3 is 2.79 bits per heavy atom. The maximum absolute atomic E-state index is 4.07. The fourth-order valence-electron chi connectivity index (χ4n) is 1.35. The molecule has 1 heterocycles. The Morgan fingerprint density at radius 2 is 2.14 bits per heavy atom. The Hall–Kier alpha value is -1.16. The van der Waals surface area contributed by atoms with E-state index in [2.05, 4.69) is 39.1 Å². The monoisotopic (exact) mass is 251 g/mol. The van der Waals surface area contributed by atoms with Crippen LogP contribution in [0, 0.1) is 6.92 Å². The van der Waals surface area contributed by atoms with Gasteiger partial charge in [-0.25, -0.2) is 0 Å². The summed E-state index contributed by atoms with van der Waals surface area (Å²) in [6.45, 7) is 2.06. The number of hydrogen-bond donors (Lipinski definition) is 0. The van der Waals surface area contributed by atoms with Crippen LogP contribution in [0.5, 0.6) is 0 Å². The highest BCUT2D eigenvalue weighted by molar-refractivity contribution is 9.10. The molecule has 2 rings (SSSR count). The molecule has 1 aromatic carbocycles. The molecule has 3 nitrogen and oxygen atoms in total. The van der Waals surface area contributed by atoms with Crippen LogP contribution in [0.25, 0.3) is 11.4 Å². The molecule has 1 aromatic heterocycles. The van der Waals surface area contributed by atoms with Crippen molar-refractivity contribution in [2.45, 2.75) is 6.92 Å². The van der Waals surface area contributed by atoms with Crippen LogP contribution in [0.3, 0.4) is 0 Å². The topological polar surface area (TPSA) is 30.7 Å². The molecule has 0 N–H and O–H groups in total. The first-order chi connectivity index (χ1) is 6.70. The SMILES string of the molecule is Cc1cccc(-c2nncn2C)c1Br. The molecule has 0 bridgehead atoms. The van der Waals surface area contributed by atoms with Gasteiger partial charge in [-0.2, -0.15) is 0 Å². The summed E-state index contributed by atoms with van der Waals surface area (Å²) in [4.78, 5) is 0. The number of hydrogen-bond acceptors (Lipinski definition) is 2. The second kappa shape index (κ2) is 3.53. The highest BCUT2D eigenvalue weighted by Crippen LogP contribution is 2.28. The van der Waals surface area contributed by atoms with E-state index >= 15 is 0 Å². The minimum atomic E-state index is 0.876. The van der Waals surface area contributed by atoms with Gasteiger partial charge in [0.1, 0.15) is 6.33 Å². The van der Waals surface area contributed by atoms with Crippen LogP contribution in [0.1, 0.15) is 5.56 Å². The van der Waals surface area contributed by atoms with Gasteiger partial charge in [0.15, 0.2) is 5.82 Å². The molecule has 0 saturated carbocycles. The van der Waals surface area contributed by atoms with Gasteiger partial charge in [0.05, 0.1) is 0 Å². The molecule has 0 saturated heterocycles. The number of benzene rings is 1. The molecule has 72 valence electrons. The van der Waals surface area contributed by atoms with E-state index in [4.69, 9.17) is 0 Å². The van der Waals surface area contributed by atoms with Gasteiger partial charge in [0, 0.05) is 17.1 Å². The second-order valence-electron chi connectivity index (χ2n) is 3.20. The van der Waals surface area contributed by atoms with Gasteiger partial charge in [-0.3, -0.25) is 0 Å². The van der Waals surface area contributed by atoms with E-state index in [1.807, 2.05) is 23.7 Å². The number of halogens is 1. The fourth-order valence-corrected chi connectivity index (χ4v) is 1.79. The lowest BCUT2D eigenvalue weighted by atomic mass is 10.1. The molecule has 0 radical (unpaired) electrons. The van der Waals surface area contributed by atoms with Crippen molar-refractivity contribution >= 4 is 15.9 Å². The summed E-state index contributed by atoms with van der Waals surface area (Å²) in [6, 6.07) is 6.11. The first-order valence-electron chi connectivity index (χ1n) is 4.29. The molecule has 0 unspecified atom stereocenters. The van der Waals surface area contributed by atoms with E-state index in [9.17, 15) is 0 Å². The van der Waals surface area contributed by atoms with Crippen LogP contribution < -0.4 is 0 Å². The Balaban J connectivity index is 2.63. The molecule has 0 spiro atoms. The largest absolute Gasteiger partial charge is 0.317 e.